The molecule has 0 radical (unpaired) electrons. The summed E-state index contributed by atoms with van der Waals surface area (Å²) in [6.45, 7) is 4.01. The summed E-state index contributed by atoms with van der Waals surface area (Å²) in [5.41, 5.74) is -1.15. The van der Waals surface area contributed by atoms with Crippen molar-refractivity contribution in [2.24, 2.45) is 5.92 Å². The van der Waals surface area contributed by atoms with Gasteiger partial charge in [-0.25, -0.2) is 9.59 Å². The zero-order valence-corrected chi connectivity index (χ0v) is 10.4. The first-order chi connectivity index (χ1) is 8.41. The smallest absolute Gasteiger partial charge is 0.430 e. The van der Waals surface area contributed by atoms with Gasteiger partial charge in [0.05, 0.1) is 0 Å². The Kier molecular flexibility index (Phi) is 2.27. The Hall–Kier alpha value is -1.46. The summed E-state index contributed by atoms with van der Waals surface area (Å²) in [6.07, 6.45) is 0.672. The Labute approximate surface area is 105 Å². The molecule has 0 N–H and O–H groups in total. The molecule has 0 bridgehead atoms. The van der Waals surface area contributed by atoms with E-state index in [1.165, 1.54) is 0 Å². The van der Waals surface area contributed by atoms with Crippen molar-refractivity contribution in [1.82, 2.24) is 0 Å². The minimum atomic E-state index is -0.620. The summed E-state index contributed by atoms with van der Waals surface area (Å²) in [6, 6.07) is 0. The third-order valence-electron chi connectivity index (χ3n) is 4.38. The highest BCUT2D eigenvalue weighted by Gasteiger charge is 2.56. The van der Waals surface area contributed by atoms with Crippen LogP contribution in [-0.4, -0.2) is 36.2 Å². The quantitative estimate of drug-likeness (QED) is 0.668. The zero-order chi connectivity index (χ0) is 13.0. The monoisotopic (exact) mass is 256 g/mol. The molecule has 2 saturated heterocycles. The first kappa shape index (κ1) is 11.6. The molecule has 3 aliphatic rings. The molecular weight excluding hydrogens is 240 g/mol. The molecule has 4 atom stereocenters. The van der Waals surface area contributed by atoms with Gasteiger partial charge in [0.1, 0.15) is 23.9 Å². The average molecular weight is 256 g/mol. The molecule has 0 aromatic carbocycles. The van der Waals surface area contributed by atoms with Crippen molar-refractivity contribution in [2.75, 3.05) is 6.61 Å². The molecule has 2 heterocycles. The van der Waals surface area contributed by atoms with Crippen LogP contribution in [0.4, 0.5) is 9.59 Å². The van der Waals surface area contributed by atoms with Crippen LogP contribution in [0, 0.1) is 5.92 Å². The summed E-state index contributed by atoms with van der Waals surface area (Å²) in [5.74, 6) is 0.122. The normalized spacial score (nSPS) is 46.8. The van der Waals surface area contributed by atoms with Gasteiger partial charge in [-0.05, 0) is 33.1 Å². The maximum atomic E-state index is 11.2. The fourth-order valence-electron chi connectivity index (χ4n) is 3.07. The van der Waals surface area contributed by atoms with Crippen LogP contribution < -0.4 is 0 Å². The van der Waals surface area contributed by atoms with Crippen LogP contribution in [0.3, 0.4) is 0 Å². The molecule has 0 spiro atoms. The Morgan fingerprint density at radius 1 is 1.11 bits per heavy atom. The van der Waals surface area contributed by atoms with Gasteiger partial charge in [-0.1, -0.05) is 0 Å². The summed E-state index contributed by atoms with van der Waals surface area (Å²) in [7, 11) is 0. The fourth-order valence-corrected chi connectivity index (χ4v) is 3.07. The van der Waals surface area contributed by atoms with E-state index in [-0.39, 0.29) is 18.6 Å². The van der Waals surface area contributed by atoms with Crippen LogP contribution in [0.25, 0.3) is 0 Å². The number of hydrogen-bond donors (Lipinski definition) is 0. The van der Waals surface area contributed by atoms with Gasteiger partial charge in [0.2, 0.25) is 0 Å². The standard InChI is InChI=1S/C12H16O6/c1-11-4-3-7(5-8(11)16-10(14)18-11)12(2)6-15-9(13)17-12/h7-8H,3-6H2,1-2H3/t7?,8?,11-,12?/m0/s1. The molecule has 3 unspecified atom stereocenters. The van der Waals surface area contributed by atoms with E-state index in [4.69, 9.17) is 18.9 Å². The van der Waals surface area contributed by atoms with Crippen LogP contribution in [0.1, 0.15) is 33.1 Å². The number of ether oxygens (including phenoxy) is 4. The number of fused-ring (bicyclic) bond motifs is 1. The molecule has 6 heteroatoms. The summed E-state index contributed by atoms with van der Waals surface area (Å²) >= 11 is 0. The molecular formula is C12H16O6. The maximum Gasteiger partial charge on any atom is 0.509 e. The Bertz CT molecular complexity index is 407. The van der Waals surface area contributed by atoms with Gasteiger partial charge in [-0.2, -0.15) is 0 Å². The molecule has 0 amide bonds. The summed E-state index contributed by atoms with van der Waals surface area (Å²) < 4.78 is 20.5. The number of carbonyl (C=O) groups is 2. The van der Waals surface area contributed by atoms with Crippen LogP contribution in [0.5, 0.6) is 0 Å². The third kappa shape index (κ3) is 1.62. The van der Waals surface area contributed by atoms with Crippen molar-refractivity contribution >= 4 is 12.3 Å². The Morgan fingerprint density at radius 3 is 2.50 bits per heavy atom. The minimum absolute atomic E-state index is 0.122. The van der Waals surface area contributed by atoms with Crippen molar-refractivity contribution < 1.29 is 28.5 Å². The van der Waals surface area contributed by atoms with Crippen LogP contribution in [0.15, 0.2) is 0 Å². The van der Waals surface area contributed by atoms with E-state index < -0.39 is 23.5 Å². The highest BCUT2D eigenvalue weighted by molar-refractivity contribution is 5.64. The summed E-state index contributed by atoms with van der Waals surface area (Å²) in [4.78, 5) is 22.3. The van der Waals surface area contributed by atoms with Crippen molar-refractivity contribution in [3.8, 4) is 0 Å². The highest BCUT2D eigenvalue weighted by atomic mass is 16.8. The number of hydrogen-bond acceptors (Lipinski definition) is 6. The first-order valence-electron chi connectivity index (χ1n) is 6.17. The highest BCUT2D eigenvalue weighted by Crippen LogP contribution is 2.46. The topological polar surface area (TPSA) is 71.1 Å². The van der Waals surface area contributed by atoms with Gasteiger partial charge in [-0.15, -0.1) is 0 Å². The van der Waals surface area contributed by atoms with Crippen molar-refractivity contribution in [2.45, 2.75) is 50.4 Å². The van der Waals surface area contributed by atoms with Gasteiger partial charge in [0, 0.05) is 5.92 Å². The molecule has 6 nitrogen and oxygen atoms in total. The molecule has 3 rings (SSSR count). The van der Waals surface area contributed by atoms with E-state index in [2.05, 4.69) is 0 Å². The van der Waals surface area contributed by atoms with Gasteiger partial charge in [-0.3, -0.25) is 0 Å². The molecule has 2 aliphatic heterocycles. The van der Waals surface area contributed by atoms with Crippen LogP contribution >= 0.6 is 0 Å². The lowest BCUT2D eigenvalue weighted by molar-refractivity contribution is -0.0603. The lowest BCUT2D eigenvalue weighted by Crippen LogP contribution is -2.49. The predicted molar refractivity (Wildman–Crippen MR) is 57.9 cm³/mol. The SMILES string of the molecule is CC1(C2CC[C@]3(C)OC(=O)OC3C2)COC(=O)O1. The van der Waals surface area contributed by atoms with E-state index >= 15 is 0 Å². The zero-order valence-electron chi connectivity index (χ0n) is 10.4. The second-order valence-electron chi connectivity index (χ2n) is 5.70. The van der Waals surface area contributed by atoms with Gasteiger partial charge in [0.25, 0.3) is 0 Å². The lowest BCUT2D eigenvalue weighted by Gasteiger charge is -2.40. The molecule has 0 aromatic rings. The molecule has 100 valence electrons. The second kappa shape index (κ2) is 3.52. The van der Waals surface area contributed by atoms with Gasteiger partial charge < -0.3 is 18.9 Å². The van der Waals surface area contributed by atoms with Gasteiger partial charge in [0.15, 0.2) is 0 Å². The third-order valence-corrected chi connectivity index (χ3v) is 4.38. The minimum Gasteiger partial charge on any atom is -0.430 e. The largest absolute Gasteiger partial charge is 0.509 e. The van der Waals surface area contributed by atoms with Gasteiger partial charge >= 0.3 is 12.3 Å². The van der Waals surface area contributed by atoms with Crippen LogP contribution in [-0.2, 0) is 18.9 Å². The number of carbonyl (C=O) groups excluding carboxylic acids is 2. The summed E-state index contributed by atoms with van der Waals surface area (Å²) in [5, 5.41) is 0. The Morgan fingerprint density at radius 2 is 1.83 bits per heavy atom. The van der Waals surface area contributed by atoms with Crippen molar-refractivity contribution in [1.29, 1.82) is 0 Å². The van der Waals surface area contributed by atoms with E-state index in [1.807, 2.05) is 13.8 Å². The van der Waals surface area contributed by atoms with E-state index in [0.717, 1.165) is 6.42 Å². The first-order valence-corrected chi connectivity index (χ1v) is 6.17. The molecule has 3 fully saturated rings. The Balaban J connectivity index is 1.75. The van der Waals surface area contributed by atoms with E-state index in [9.17, 15) is 9.59 Å². The average Bonchev–Trinajstić information content (AvgIpc) is 2.77. The predicted octanol–water partition coefficient (Wildman–Crippen LogP) is 2.01. The molecule has 1 saturated carbocycles. The van der Waals surface area contributed by atoms with E-state index in [1.54, 1.807) is 0 Å². The van der Waals surface area contributed by atoms with E-state index in [0.29, 0.717) is 12.8 Å². The fraction of sp³-hybridized carbons (Fsp3) is 0.833. The lowest BCUT2D eigenvalue weighted by atomic mass is 9.71. The number of rotatable bonds is 1. The van der Waals surface area contributed by atoms with Crippen molar-refractivity contribution in [3.05, 3.63) is 0 Å². The van der Waals surface area contributed by atoms with Crippen LogP contribution in [0.2, 0.25) is 0 Å². The van der Waals surface area contributed by atoms with Crippen molar-refractivity contribution in [3.63, 3.8) is 0 Å². The second-order valence-corrected chi connectivity index (χ2v) is 5.70. The number of cyclic esters (lactones) is 2. The molecule has 18 heavy (non-hydrogen) atoms. The molecule has 0 aromatic heterocycles. The molecule has 1 aliphatic carbocycles. The maximum absolute atomic E-state index is 11.2.